The van der Waals surface area contributed by atoms with Crippen LogP contribution in [0.5, 0.6) is 0 Å². The van der Waals surface area contributed by atoms with Crippen LogP contribution >= 0.6 is 11.3 Å². The highest BCUT2D eigenvalue weighted by molar-refractivity contribution is 7.11. The van der Waals surface area contributed by atoms with Crippen LogP contribution in [-0.4, -0.2) is 11.0 Å². The summed E-state index contributed by atoms with van der Waals surface area (Å²) in [6, 6.07) is 0.532. The molecule has 112 valence electrons. The largest absolute Gasteiger partial charge is 0.303 e. The highest BCUT2D eigenvalue weighted by Gasteiger charge is 2.49. The average molecular weight is 292 g/mol. The minimum Gasteiger partial charge on any atom is -0.303 e. The number of hydrogen-bond donors (Lipinski definition) is 1. The van der Waals surface area contributed by atoms with Crippen LogP contribution in [0.15, 0.2) is 0 Å². The van der Waals surface area contributed by atoms with E-state index in [4.69, 9.17) is 4.98 Å². The topological polar surface area (TPSA) is 24.9 Å². The van der Waals surface area contributed by atoms with E-state index in [1.807, 2.05) is 11.3 Å². The fraction of sp³-hybridized carbons (Fsp3) is 0.824. The molecule has 3 rings (SSSR count). The average Bonchev–Trinajstić information content (AvgIpc) is 2.76. The van der Waals surface area contributed by atoms with E-state index in [-0.39, 0.29) is 5.54 Å². The van der Waals surface area contributed by atoms with Crippen molar-refractivity contribution >= 4 is 11.3 Å². The maximum absolute atomic E-state index is 5.05. The van der Waals surface area contributed by atoms with Gasteiger partial charge in [-0.15, -0.1) is 11.3 Å². The Bertz CT molecular complexity index is 446. The third kappa shape index (κ3) is 2.55. The van der Waals surface area contributed by atoms with Crippen LogP contribution in [0, 0.1) is 11.8 Å². The number of thiazole rings is 1. The molecular weight excluding hydrogens is 264 g/mol. The van der Waals surface area contributed by atoms with E-state index in [1.54, 1.807) is 4.88 Å². The molecule has 0 spiro atoms. The van der Waals surface area contributed by atoms with Crippen molar-refractivity contribution in [2.75, 3.05) is 0 Å². The lowest BCUT2D eigenvalue weighted by Crippen LogP contribution is -2.55. The third-order valence-corrected chi connectivity index (χ3v) is 6.35. The first-order chi connectivity index (χ1) is 9.50. The van der Waals surface area contributed by atoms with Gasteiger partial charge in [0, 0.05) is 10.9 Å². The van der Waals surface area contributed by atoms with Crippen LogP contribution in [0.4, 0.5) is 0 Å². The van der Waals surface area contributed by atoms with Crippen molar-refractivity contribution in [1.29, 1.82) is 0 Å². The summed E-state index contributed by atoms with van der Waals surface area (Å²) in [5.41, 5.74) is 1.60. The van der Waals surface area contributed by atoms with E-state index < -0.39 is 0 Å². The molecule has 0 amide bonds. The van der Waals surface area contributed by atoms with Crippen molar-refractivity contribution in [2.24, 2.45) is 11.8 Å². The SMILES string of the molecule is CC(C)NC1(c2nc3c(s2)CCCC3)CC(C(C)C)C1. The van der Waals surface area contributed by atoms with Gasteiger partial charge in [-0.1, -0.05) is 13.8 Å². The van der Waals surface area contributed by atoms with Crippen LogP contribution in [0.1, 0.15) is 69.0 Å². The first kappa shape index (κ1) is 14.5. The molecule has 0 aromatic carbocycles. The molecule has 1 heterocycles. The van der Waals surface area contributed by atoms with E-state index in [2.05, 4.69) is 33.0 Å². The molecule has 2 aliphatic rings. The highest BCUT2D eigenvalue weighted by atomic mass is 32.1. The van der Waals surface area contributed by atoms with Crippen molar-refractivity contribution in [2.45, 2.75) is 77.8 Å². The second-order valence-electron chi connectivity index (χ2n) is 7.39. The molecule has 2 aliphatic carbocycles. The summed E-state index contributed by atoms with van der Waals surface area (Å²) in [6.07, 6.45) is 7.70. The van der Waals surface area contributed by atoms with Crippen molar-refractivity contribution in [3.8, 4) is 0 Å². The second-order valence-corrected chi connectivity index (χ2v) is 8.47. The molecule has 0 unspecified atom stereocenters. The summed E-state index contributed by atoms with van der Waals surface area (Å²) in [7, 11) is 0. The van der Waals surface area contributed by atoms with Crippen LogP contribution in [0.3, 0.4) is 0 Å². The predicted octanol–water partition coefficient (Wildman–Crippen LogP) is 4.28. The summed E-state index contributed by atoms with van der Waals surface area (Å²) in [5, 5.41) is 5.24. The van der Waals surface area contributed by atoms with Gasteiger partial charge in [-0.3, -0.25) is 0 Å². The Morgan fingerprint density at radius 3 is 2.45 bits per heavy atom. The van der Waals surface area contributed by atoms with E-state index in [1.165, 1.54) is 49.2 Å². The van der Waals surface area contributed by atoms with Crippen LogP contribution in [-0.2, 0) is 18.4 Å². The van der Waals surface area contributed by atoms with Gasteiger partial charge >= 0.3 is 0 Å². The lowest BCUT2D eigenvalue weighted by molar-refractivity contribution is 0.0597. The maximum Gasteiger partial charge on any atom is 0.113 e. The van der Waals surface area contributed by atoms with Gasteiger partial charge in [-0.05, 0) is 64.2 Å². The number of aromatic nitrogens is 1. The zero-order valence-electron chi connectivity index (χ0n) is 13.3. The summed E-state index contributed by atoms with van der Waals surface area (Å²) < 4.78 is 0. The van der Waals surface area contributed by atoms with Gasteiger partial charge in [-0.25, -0.2) is 4.98 Å². The van der Waals surface area contributed by atoms with Gasteiger partial charge in [0.1, 0.15) is 5.01 Å². The van der Waals surface area contributed by atoms with E-state index in [0.29, 0.717) is 6.04 Å². The summed E-state index contributed by atoms with van der Waals surface area (Å²) in [5.74, 6) is 1.66. The molecule has 1 saturated carbocycles. The molecule has 0 bridgehead atoms. The molecule has 1 fully saturated rings. The normalized spacial score (nSPS) is 29.6. The Morgan fingerprint density at radius 2 is 1.85 bits per heavy atom. The monoisotopic (exact) mass is 292 g/mol. The van der Waals surface area contributed by atoms with E-state index >= 15 is 0 Å². The molecule has 1 N–H and O–H groups in total. The molecule has 0 radical (unpaired) electrons. The van der Waals surface area contributed by atoms with Gasteiger partial charge in [0.05, 0.1) is 11.2 Å². The molecule has 0 saturated heterocycles. The van der Waals surface area contributed by atoms with Crippen molar-refractivity contribution in [1.82, 2.24) is 10.3 Å². The predicted molar refractivity (Wildman–Crippen MR) is 86.3 cm³/mol. The Labute approximate surface area is 127 Å². The summed E-state index contributed by atoms with van der Waals surface area (Å²) in [4.78, 5) is 6.62. The first-order valence-corrected chi connectivity index (χ1v) is 9.08. The Morgan fingerprint density at radius 1 is 1.15 bits per heavy atom. The minimum atomic E-state index is 0.186. The summed E-state index contributed by atoms with van der Waals surface area (Å²) in [6.45, 7) is 9.24. The lowest BCUT2D eigenvalue weighted by atomic mass is 9.64. The molecule has 1 aromatic heterocycles. The summed E-state index contributed by atoms with van der Waals surface area (Å²) >= 11 is 2.00. The Hall–Kier alpha value is -0.410. The maximum atomic E-state index is 5.05. The number of hydrogen-bond acceptors (Lipinski definition) is 3. The molecule has 2 nitrogen and oxygen atoms in total. The fourth-order valence-corrected chi connectivity index (χ4v) is 5.09. The standard InChI is InChI=1S/C17H28N2S/c1-11(2)13-9-17(10-13,19-12(3)4)16-18-14-7-5-6-8-15(14)20-16/h11-13,19H,5-10H2,1-4H3. The van der Waals surface area contributed by atoms with Gasteiger partial charge in [0.2, 0.25) is 0 Å². The van der Waals surface area contributed by atoms with Crippen molar-refractivity contribution < 1.29 is 0 Å². The number of rotatable bonds is 4. The zero-order chi connectivity index (χ0) is 14.3. The molecule has 0 aliphatic heterocycles. The number of nitrogens with zero attached hydrogens (tertiary/aromatic N) is 1. The van der Waals surface area contributed by atoms with Gasteiger partial charge in [0.25, 0.3) is 0 Å². The quantitative estimate of drug-likeness (QED) is 0.896. The van der Waals surface area contributed by atoms with E-state index in [9.17, 15) is 0 Å². The molecular formula is C17H28N2S. The fourth-order valence-electron chi connectivity index (χ4n) is 3.77. The van der Waals surface area contributed by atoms with Crippen molar-refractivity contribution in [3.05, 3.63) is 15.6 Å². The molecule has 0 atom stereocenters. The van der Waals surface area contributed by atoms with Gasteiger partial charge in [-0.2, -0.15) is 0 Å². The Balaban J connectivity index is 1.85. The third-order valence-electron chi connectivity index (χ3n) is 4.98. The highest BCUT2D eigenvalue weighted by Crippen LogP contribution is 2.50. The van der Waals surface area contributed by atoms with Crippen LogP contribution in [0.25, 0.3) is 0 Å². The first-order valence-electron chi connectivity index (χ1n) is 8.27. The second kappa shape index (κ2) is 5.42. The van der Waals surface area contributed by atoms with Gasteiger partial charge < -0.3 is 5.32 Å². The minimum absolute atomic E-state index is 0.186. The molecule has 3 heteroatoms. The van der Waals surface area contributed by atoms with Crippen LogP contribution in [0.2, 0.25) is 0 Å². The van der Waals surface area contributed by atoms with Crippen LogP contribution < -0.4 is 5.32 Å². The Kier molecular flexibility index (Phi) is 3.93. The lowest BCUT2D eigenvalue weighted by Gasteiger charge is -2.50. The smallest absolute Gasteiger partial charge is 0.113 e. The van der Waals surface area contributed by atoms with Crippen molar-refractivity contribution in [3.63, 3.8) is 0 Å². The van der Waals surface area contributed by atoms with Gasteiger partial charge in [0.15, 0.2) is 0 Å². The zero-order valence-corrected chi connectivity index (χ0v) is 14.1. The number of aryl methyl sites for hydroxylation is 2. The number of fused-ring (bicyclic) bond motifs is 1. The van der Waals surface area contributed by atoms with E-state index in [0.717, 1.165) is 11.8 Å². The molecule has 1 aromatic rings. The number of nitrogens with one attached hydrogen (secondary N) is 1. The molecule has 20 heavy (non-hydrogen) atoms.